The van der Waals surface area contributed by atoms with Gasteiger partial charge in [-0.05, 0) is 12.0 Å². The Balaban J connectivity index is 2.19. The second-order valence-electron chi connectivity index (χ2n) is 3.65. The average molecular weight is 233 g/mol. The van der Waals surface area contributed by atoms with Gasteiger partial charge in [-0.1, -0.05) is 37.3 Å². The number of thiazole rings is 1. The van der Waals surface area contributed by atoms with Crippen molar-refractivity contribution in [2.75, 3.05) is 0 Å². The summed E-state index contributed by atoms with van der Waals surface area (Å²) < 4.78 is 0. The first-order valence-corrected chi connectivity index (χ1v) is 6.27. The van der Waals surface area contributed by atoms with E-state index < -0.39 is 0 Å². The summed E-state index contributed by atoms with van der Waals surface area (Å²) in [5.74, 6) is 0. The van der Waals surface area contributed by atoms with Gasteiger partial charge >= 0.3 is 0 Å². The molecule has 2 aromatic rings. The maximum Gasteiger partial charge on any atom is 0.0976 e. The van der Waals surface area contributed by atoms with E-state index >= 15 is 0 Å². The number of aliphatic hydroxyl groups excluding tert-OH is 1. The van der Waals surface area contributed by atoms with Crippen molar-refractivity contribution >= 4 is 11.3 Å². The van der Waals surface area contributed by atoms with Crippen LogP contribution in [-0.2, 0) is 19.4 Å². The smallest absolute Gasteiger partial charge is 0.0976 e. The summed E-state index contributed by atoms with van der Waals surface area (Å²) in [4.78, 5) is 5.67. The van der Waals surface area contributed by atoms with E-state index in [4.69, 9.17) is 0 Å². The van der Waals surface area contributed by atoms with Gasteiger partial charge in [0.1, 0.15) is 0 Å². The molecule has 0 amide bonds. The number of aromatic nitrogens is 1. The Hall–Kier alpha value is -1.19. The summed E-state index contributed by atoms with van der Waals surface area (Å²) in [5, 5.41) is 10.3. The summed E-state index contributed by atoms with van der Waals surface area (Å²) in [6.45, 7) is 2.15. The van der Waals surface area contributed by atoms with Gasteiger partial charge in [0.25, 0.3) is 0 Å². The first-order valence-electron chi connectivity index (χ1n) is 5.45. The maximum absolute atomic E-state index is 9.17. The average Bonchev–Trinajstić information content (AvgIpc) is 2.72. The zero-order valence-electron chi connectivity index (χ0n) is 9.31. The number of rotatable bonds is 4. The second kappa shape index (κ2) is 5.23. The number of hydrogen-bond acceptors (Lipinski definition) is 3. The zero-order chi connectivity index (χ0) is 11.4. The van der Waals surface area contributed by atoms with E-state index in [1.807, 2.05) is 18.2 Å². The van der Waals surface area contributed by atoms with Crippen molar-refractivity contribution < 1.29 is 5.11 Å². The van der Waals surface area contributed by atoms with Gasteiger partial charge in [0.15, 0.2) is 0 Å². The van der Waals surface area contributed by atoms with Crippen molar-refractivity contribution in [2.24, 2.45) is 0 Å². The predicted molar refractivity (Wildman–Crippen MR) is 66.7 cm³/mol. The molecule has 0 fully saturated rings. The van der Waals surface area contributed by atoms with Crippen LogP contribution in [0.1, 0.15) is 28.1 Å². The molecule has 84 valence electrons. The third-order valence-corrected chi connectivity index (χ3v) is 3.73. The summed E-state index contributed by atoms with van der Waals surface area (Å²) in [5.41, 5.74) is 2.11. The van der Waals surface area contributed by atoms with Crippen LogP contribution in [0, 0.1) is 0 Å². The Morgan fingerprint density at radius 3 is 2.56 bits per heavy atom. The summed E-state index contributed by atoms with van der Waals surface area (Å²) >= 11 is 1.71. The molecule has 0 aliphatic rings. The normalized spacial score (nSPS) is 10.6. The largest absolute Gasteiger partial charge is 0.390 e. The van der Waals surface area contributed by atoms with Gasteiger partial charge in [-0.3, -0.25) is 0 Å². The molecule has 1 aromatic heterocycles. The van der Waals surface area contributed by atoms with Gasteiger partial charge < -0.3 is 5.11 Å². The third kappa shape index (κ3) is 2.49. The van der Waals surface area contributed by atoms with Crippen molar-refractivity contribution in [1.29, 1.82) is 0 Å². The van der Waals surface area contributed by atoms with Gasteiger partial charge in [0, 0.05) is 11.3 Å². The van der Waals surface area contributed by atoms with Crippen LogP contribution in [-0.4, -0.2) is 10.1 Å². The monoisotopic (exact) mass is 233 g/mol. The van der Waals surface area contributed by atoms with E-state index in [2.05, 4.69) is 24.0 Å². The molecule has 1 heterocycles. The van der Waals surface area contributed by atoms with E-state index in [0.717, 1.165) is 23.5 Å². The lowest BCUT2D eigenvalue weighted by atomic mass is 10.2. The van der Waals surface area contributed by atoms with Crippen LogP contribution < -0.4 is 0 Å². The SMILES string of the molecule is CCc1sc(Cc2ccccc2)nc1CO. The van der Waals surface area contributed by atoms with E-state index in [-0.39, 0.29) is 6.61 Å². The van der Waals surface area contributed by atoms with Crippen molar-refractivity contribution in [1.82, 2.24) is 4.98 Å². The van der Waals surface area contributed by atoms with Crippen molar-refractivity contribution in [3.63, 3.8) is 0 Å². The second-order valence-corrected chi connectivity index (χ2v) is 4.82. The van der Waals surface area contributed by atoms with Crippen LogP contribution >= 0.6 is 11.3 Å². The number of hydrogen-bond donors (Lipinski definition) is 1. The molecule has 0 aliphatic carbocycles. The Morgan fingerprint density at radius 1 is 1.25 bits per heavy atom. The lowest BCUT2D eigenvalue weighted by Crippen LogP contribution is -1.90. The molecule has 0 saturated heterocycles. The minimum atomic E-state index is 0.0501. The van der Waals surface area contributed by atoms with Gasteiger partial charge in [-0.2, -0.15) is 0 Å². The highest BCUT2D eigenvalue weighted by molar-refractivity contribution is 7.11. The zero-order valence-corrected chi connectivity index (χ0v) is 10.1. The van der Waals surface area contributed by atoms with Crippen LogP contribution in [0.25, 0.3) is 0 Å². The molecule has 0 aliphatic heterocycles. The molecule has 0 saturated carbocycles. The van der Waals surface area contributed by atoms with Gasteiger partial charge in [-0.25, -0.2) is 4.98 Å². The lowest BCUT2D eigenvalue weighted by molar-refractivity contribution is 0.276. The molecule has 0 bridgehead atoms. The molecule has 1 aromatic carbocycles. The molecule has 16 heavy (non-hydrogen) atoms. The molecule has 0 spiro atoms. The number of aliphatic hydroxyl groups is 1. The Bertz CT molecular complexity index is 429. The quantitative estimate of drug-likeness (QED) is 0.881. The van der Waals surface area contributed by atoms with Gasteiger partial charge in [0.2, 0.25) is 0 Å². The molecule has 2 nitrogen and oxygen atoms in total. The number of benzene rings is 1. The van der Waals surface area contributed by atoms with E-state index in [0.29, 0.717) is 0 Å². The highest BCUT2D eigenvalue weighted by Gasteiger charge is 2.08. The van der Waals surface area contributed by atoms with Crippen LogP contribution in [0.15, 0.2) is 30.3 Å². The Morgan fingerprint density at radius 2 is 2.00 bits per heavy atom. The van der Waals surface area contributed by atoms with E-state index in [9.17, 15) is 5.11 Å². The highest BCUT2D eigenvalue weighted by atomic mass is 32.1. The maximum atomic E-state index is 9.17. The van der Waals surface area contributed by atoms with E-state index in [1.54, 1.807) is 11.3 Å². The van der Waals surface area contributed by atoms with Crippen molar-refractivity contribution in [3.05, 3.63) is 51.5 Å². The third-order valence-electron chi connectivity index (χ3n) is 2.49. The van der Waals surface area contributed by atoms with Gasteiger partial charge in [0.05, 0.1) is 17.3 Å². The van der Waals surface area contributed by atoms with Crippen molar-refractivity contribution in [3.8, 4) is 0 Å². The molecule has 0 radical (unpaired) electrons. The Labute approximate surface area is 99.6 Å². The Kier molecular flexibility index (Phi) is 3.70. The van der Waals surface area contributed by atoms with Crippen LogP contribution in [0.4, 0.5) is 0 Å². The van der Waals surface area contributed by atoms with E-state index in [1.165, 1.54) is 10.4 Å². The predicted octanol–water partition coefficient (Wildman–Crippen LogP) is 2.79. The standard InChI is InChI=1S/C13H15NOS/c1-2-12-11(9-15)14-13(16-12)8-10-6-4-3-5-7-10/h3-7,15H,2,8-9H2,1H3. The lowest BCUT2D eigenvalue weighted by Gasteiger charge is -1.95. The minimum absolute atomic E-state index is 0.0501. The summed E-state index contributed by atoms with van der Waals surface area (Å²) in [6, 6.07) is 10.3. The molecular weight excluding hydrogens is 218 g/mol. The molecule has 1 N–H and O–H groups in total. The fourth-order valence-corrected chi connectivity index (χ4v) is 2.73. The summed E-state index contributed by atoms with van der Waals surface area (Å²) in [6.07, 6.45) is 1.81. The molecule has 3 heteroatoms. The molecule has 0 unspecified atom stereocenters. The number of aryl methyl sites for hydroxylation is 1. The summed E-state index contributed by atoms with van der Waals surface area (Å²) in [7, 11) is 0. The first-order chi connectivity index (χ1) is 7.83. The topological polar surface area (TPSA) is 33.1 Å². The van der Waals surface area contributed by atoms with Crippen LogP contribution in [0.5, 0.6) is 0 Å². The van der Waals surface area contributed by atoms with Crippen LogP contribution in [0.2, 0.25) is 0 Å². The first kappa shape index (κ1) is 11.3. The molecule has 2 rings (SSSR count). The number of nitrogens with zero attached hydrogens (tertiary/aromatic N) is 1. The highest BCUT2D eigenvalue weighted by Crippen LogP contribution is 2.21. The molecular formula is C13H15NOS. The molecule has 0 atom stereocenters. The van der Waals surface area contributed by atoms with Crippen LogP contribution in [0.3, 0.4) is 0 Å². The van der Waals surface area contributed by atoms with Gasteiger partial charge in [-0.15, -0.1) is 11.3 Å². The van der Waals surface area contributed by atoms with Crippen molar-refractivity contribution in [2.45, 2.75) is 26.4 Å². The fraction of sp³-hybridized carbons (Fsp3) is 0.308. The minimum Gasteiger partial charge on any atom is -0.390 e. The fourth-order valence-electron chi connectivity index (χ4n) is 1.68.